The number of imidazole rings is 1. The zero-order valence-electron chi connectivity index (χ0n) is 28.1. The van der Waals surface area contributed by atoms with E-state index < -0.39 is 0 Å². The van der Waals surface area contributed by atoms with Gasteiger partial charge in [-0.05, 0) is 109 Å². The largest absolute Gasteiger partial charge is 0.339 e. The number of nitrogens with zero attached hydrogens (tertiary/aromatic N) is 3. The van der Waals surface area contributed by atoms with Crippen LogP contribution in [0.5, 0.6) is 0 Å². The zero-order chi connectivity index (χ0) is 33.5. The van der Waals surface area contributed by atoms with Crippen LogP contribution in [0.3, 0.4) is 0 Å². The molecule has 1 amide bonds. The van der Waals surface area contributed by atoms with Crippen LogP contribution in [0.15, 0.2) is 97.1 Å². The number of piperidine rings is 1. The van der Waals surface area contributed by atoms with E-state index in [1.807, 2.05) is 73.4 Å². The van der Waals surface area contributed by atoms with Gasteiger partial charge >= 0.3 is 0 Å². The first-order valence-electron chi connectivity index (χ1n) is 16.7. The number of fused-ring (bicyclic) bond motifs is 1. The molecule has 0 atom stereocenters. The summed E-state index contributed by atoms with van der Waals surface area (Å²) >= 11 is 0. The molecule has 0 bridgehead atoms. The molecule has 0 saturated carbocycles. The summed E-state index contributed by atoms with van der Waals surface area (Å²) in [6.45, 7) is 12.4. The summed E-state index contributed by atoms with van der Waals surface area (Å²) in [6.07, 6.45) is 4.89. The third-order valence-electron chi connectivity index (χ3n) is 9.07. The highest BCUT2D eigenvalue weighted by Crippen LogP contribution is 2.32. The summed E-state index contributed by atoms with van der Waals surface area (Å²) < 4.78 is 30.0. The summed E-state index contributed by atoms with van der Waals surface area (Å²) in [5.74, 6) is 1.57. The number of hydrogen-bond acceptors (Lipinski definition) is 2. The Balaban J connectivity index is 0.000000807. The third-order valence-corrected chi connectivity index (χ3v) is 9.07. The minimum Gasteiger partial charge on any atom is -0.339 e. The van der Waals surface area contributed by atoms with Crippen LogP contribution in [0, 0.1) is 24.5 Å². The van der Waals surface area contributed by atoms with Crippen LogP contribution in [0.4, 0.5) is 8.78 Å². The molecule has 0 spiro atoms. The summed E-state index contributed by atoms with van der Waals surface area (Å²) in [5, 5.41) is 0. The molecule has 0 unspecified atom stereocenters. The number of amides is 1. The third kappa shape index (κ3) is 8.05. The molecule has 2 heterocycles. The number of para-hydroxylation sites is 2. The Morgan fingerprint density at radius 3 is 2.21 bits per heavy atom. The van der Waals surface area contributed by atoms with Crippen molar-refractivity contribution in [3.8, 4) is 0 Å². The molecule has 6 heteroatoms. The fourth-order valence-electron chi connectivity index (χ4n) is 6.15. The Bertz CT molecular complexity index is 1860. The van der Waals surface area contributed by atoms with Crippen LogP contribution in [0.2, 0.25) is 0 Å². The summed E-state index contributed by atoms with van der Waals surface area (Å²) in [6, 6.07) is 27.1. The number of hydrogen-bond donors (Lipinski definition) is 0. The smallest absolute Gasteiger partial charge is 0.253 e. The predicted octanol–water partition coefficient (Wildman–Crippen LogP) is 10.2. The molecule has 0 radical (unpaired) electrons. The number of allylic oxidation sites excluding steroid dienone is 1. The lowest BCUT2D eigenvalue weighted by molar-refractivity contribution is 0.0710. The number of benzene rings is 4. The molecule has 1 aromatic heterocycles. The second kappa shape index (κ2) is 15.3. The first-order valence-corrected chi connectivity index (χ1v) is 16.7. The summed E-state index contributed by atoms with van der Waals surface area (Å²) in [4.78, 5) is 20.5. The topological polar surface area (TPSA) is 38.1 Å². The van der Waals surface area contributed by atoms with Gasteiger partial charge in [0.1, 0.15) is 17.5 Å². The van der Waals surface area contributed by atoms with Crippen molar-refractivity contribution in [3.05, 3.63) is 142 Å². The van der Waals surface area contributed by atoms with Crippen molar-refractivity contribution in [2.45, 2.75) is 66.3 Å². The van der Waals surface area contributed by atoms with Crippen LogP contribution in [-0.4, -0.2) is 33.4 Å². The Morgan fingerprint density at radius 2 is 1.57 bits per heavy atom. The van der Waals surface area contributed by atoms with E-state index in [0.717, 1.165) is 63.4 Å². The number of carbonyl (C=O) groups excluding carboxylic acids is 1. The van der Waals surface area contributed by atoms with Crippen molar-refractivity contribution in [3.63, 3.8) is 0 Å². The highest BCUT2D eigenvalue weighted by molar-refractivity contribution is 5.95. The molecule has 6 rings (SSSR count). The molecule has 0 N–H and O–H groups in total. The van der Waals surface area contributed by atoms with Gasteiger partial charge in [-0.25, -0.2) is 13.8 Å². The highest BCUT2D eigenvalue weighted by Gasteiger charge is 2.28. The summed E-state index contributed by atoms with van der Waals surface area (Å²) in [5.41, 5.74) is 7.21. The molecule has 1 saturated heterocycles. The van der Waals surface area contributed by atoms with Crippen LogP contribution < -0.4 is 0 Å². The van der Waals surface area contributed by atoms with Gasteiger partial charge in [-0.15, -0.1) is 0 Å². The summed E-state index contributed by atoms with van der Waals surface area (Å²) in [7, 11) is 0. The van der Waals surface area contributed by atoms with Crippen molar-refractivity contribution in [1.82, 2.24) is 14.5 Å². The number of likely N-dealkylation sites (tertiary alicyclic amines) is 1. The van der Waals surface area contributed by atoms with E-state index in [1.54, 1.807) is 18.2 Å². The number of halogens is 2. The lowest BCUT2D eigenvalue weighted by atomic mass is 9.92. The number of carbonyl (C=O) groups is 1. The lowest BCUT2D eigenvalue weighted by Gasteiger charge is -2.32. The maximum atomic E-state index is 13.9. The normalized spacial score (nSPS) is 14.0. The lowest BCUT2D eigenvalue weighted by Crippen LogP contribution is -2.38. The van der Waals surface area contributed by atoms with E-state index in [9.17, 15) is 13.6 Å². The van der Waals surface area contributed by atoms with Crippen molar-refractivity contribution in [2.24, 2.45) is 5.92 Å². The van der Waals surface area contributed by atoms with E-state index in [0.29, 0.717) is 25.2 Å². The second-order valence-corrected chi connectivity index (χ2v) is 12.8. The van der Waals surface area contributed by atoms with Crippen LogP contribution in [0.25, 0.3) is 16.6 Å². The molecule has 4 aromatic carbocycles. The van der Waals surface area contributed by atoms with Gasteiger partial charge in [0.05, 0.1) is 11.0 Å². The molecule has 1 aliphatic rings. The predicted molar refractivity (Wildman–Crippen MR) is 189 cm³/mol. The van der Waals surface area contributed by atoms with Gasteiger partial charge in [-0.1, -0.05) is 75.7 Å². The van der Waals surface area contributed by atoms with E-state index in [2.05, 4.69) is 31.4 Å². The molecule has 5 aromatic rings. The van der Waals surface area contributed by atoms with Gasteiger partial charge in [0.2, 0.25) is 0 Å². The molecular formula is C41H45F2N3O. The van der Waals surface area contributed by atoms with Crippen molar-refractivity contribution >= 4 is 22.5 Å². The van der Waals surface area contributed by atoms with Gasteiger partial charge in [-0.3, -0.25) is 4.79 Å². The Labute approximate surface area is 277 Å². The first-order chi connectivity index (χ1) is 22.7. The van der Waals surface area contributed by atoms with Crippen LogP contribution in [-0.2, 0) is 6.54 Å². The van der Waals surface area contributed by atoms with Gasteiger partial charge in [-0.2, -0.15) is 0 Å². The van der Waals surface area contributed by atoms with Gasteiger partial charge in [0, 0.05) is 31.1 Å². The number of aryl methyl sites for hydroxylation is 1. The van der Waals surface area contributed by atoms with Crippen molar-refractivity contribution in [2.75, 3.05) is 13.1 Å². The van der Waals surface area contributed by atoms with Gasteiger partial charge in [0.15, 0.2) is 0 Å². The van der Waals surface area contributed by atoms with E-state index in [4.69, 9.17) is 4.98 Å². The van der Waals surface area contributed by atoms with E-state index in [1.165, 1.54) is 24.6 Å². The number of rotatable bonds is 7. The van der Waals surface area contributed by atoms with Crippen LogP contribution >= 0.6 is 0 Å². The molecule has 244 valence electrons. The van der Waals surface area contributed by atoms with Crippen molar-refractivity contribution < 1.29 is 13.6 Å². The standard InChI is InChI=1S/C36H33F2N3O.C5H12/c1-3-31(27-9-7-11-30(38)22-27)32-15-14-28(20-24(32)2)36(42)40-18-16-26(17-19-40)35-39-33-12-4-5-13-34(33)41(35)23-25-8-6-10-29(37)21-25;1-4-5(2)3/h3-15,20-22,26H,16-19,23H2,1-2H3;5H,4H2,1-3H3/b31-3-;. The second-order valence-electron chi connectivity index (χ2n) is 12.8. The SMILES string of the molecule is C/C=C(/c1cccc(F)c1)c1ccc(C(=O)N2CCC(c3nc4ccccc4n3Cc3cccc(F)c3)CC2)cc1C.CCC(C)C. The van der Waals surface area contributed by atoms with Crippen LogP contribution in [0.1, 0.15) is 91.3 Å². The zero-order valence-corrected chi connectivity index (χ0v) is 28.1. The monoisotopic (exact) mass is 633 g/mol. The maximum Gasteiger partial charge on any atom is 0.253 e. The molecule has 1 fully saturated rings. The highest BCUT2D eigenvalue weighted by atomic mass is 19.1. The first kappa shape index (κ1) is 33.8. The molecule has 1 aliphatic heterocycles. The molecule has 47 heavy (non-hydrogen) atoms. The van der Waals surface area contributed by atoms with E-state index in [-0.39, 0.29) is 23.5 Å². The number of aromatic nitrogens is 2. The molecular weight excluding hydrogens is 588 g/mol. The Kier molecular flexibility index (Phi) is 11.0. The fourth-order valence-corrected chi connectivity index (χ4v) is 6.15. The minimum absolute atomic E-state index is 0.0177. The Hall–Kier alpha value is -4.58. The minimum atomic E-state index is -0.274. The average molecular weight is 634 g/mol. The molecule has 0 aliphatic carbocycles. The van der Waals surface area contributed by atoms with Crippen molar-refractivity contribution in [1.29, 1.82) is 0 Å². The van der Waals surface area contributed by atoms with Gasteiger partial charge in [0.25, 0.3) is 5.91 Å². The maximum absolute atomic E-state index is 13.9. The van der Waals surface area contributed by atoms with E-state index >= 15 is 0 Å². The quantitative estimate of drug-likeness (QED) is 0.179. The Morgan fingerprint density at radius 1 is 0.894 bits per heavy atom. The fraction of sp³-hybridized carbons (Fsp3) is 0.317. The van der Waals surface area contributed by atoms with Gasteiger partial charge < -0.3 is 9.47 Å². The average Bonchev–Trinajstić information content (AvgIpc) is 3.44. The molecule has 4 nitrogen and oxygen atoms in total.